The first-order valence-corrected chi connectivity index (χ1v) is 8.28. The highest BCUT2D eigenvalue weighted by Crippen LogP contribution is 2.33. The van der Waals surface area contributed by atoms with Gasteiger partial charge in [0, 0.05) is 22.2 Å². The van der Waals surface area contributed by atoms with E-state index < -0.39 is 0 Å². The largest absolute Gasteiger partial charge is 0.265 e. The van der Waals surface area contributed by atoms with Crippen molar-refractivity contribution < 1.29 is 0 Å². The molecule has 3 aromatic rings. The van der Waals surface area contributed by atoms with Crippen molar-refractivity contribution in [2.45, 2.75) is 24.5 Å². The van der Waals surface area contributed by atoms with E-state index in [0.29, 0.717) is 10.9 Å². The van der Waals surface area contributed by atoms with Gasteiger partial charge in [0.15, 0.2) is 0 Å². The maximum absolute atomic E-state index is 6.30. The van der Waals surface area contributed by atoms with Crippen LogP contribution in [0.2, 0.25) is 5.15 Å². The van der Waals surface area contributed by atoms with Crippen LogP contribution in [0.25, 0.3) is 10.2 Å². The SMILES string of the molecule is Cc1sc2nc(CSc3ccncc3)nc(Cl)c2c1C. The molecule has 0 fully saturated rings. The van der Waals surface area contributed by atoms with Gasteiger partial charge in [-0.25, -0.2) is 9.97 Å². The van der Waals surface area contributed by atoms with Gasteiger partial charge in [0.1, 0.15) is 15.8 Å². The molecule has 0 bridgehead atoms. The lowest BCUT2D eigenvalue weighted by molar-refractivity contribution is 1.07. The minimum Gasteiger partial charge on any atom is -0.265 e. The number of thiophene rings is 1. The number of aromatic nitrogens is 3. The van der Waals surface area contributed by atoms with Crippen molar-refractivity contribution in [1.29, 1.82) is 0 Å². The molecule has 0 saturated carbocycles. The Bertz CT molecular complexity index is 756. The normalized spacial score (nSPS) is 11.2. The summed E-state index contributed by atoms with van der Waals surface area (Å²) in [6, 6.07) is 3.95. The van der Waals surface area contributed by atoms with E-state index in [0.717, 1.165) is 20.9 Å². The number of pyridine rings is 1. The fraction of sp³-hybridized carbons (Fsp3) is 0.214. The zero-order chi connectivity index (χ0) is 14.1. The van der Waals surface area contributed by atoms with Crippen LogP contribution < -0.4 is 0 Å². The molecule has 0 aliphatic heterocycles. The highest BCUT2D eigenvalue weighted by atomic mass is 35.5. The van der Waals surface area contributed by atoms with Gasteiger partial charge in [-0.2, -0.15) is 0 Å². The van der Waals surface area contributed by atoms with Crippen LogP contribution in [-0.2, 0) is 5.75 Å². The molecule has 0 aromatic carbocycles. The second-order valence-electron chi connectivity index (χ2n) is 4.37. The van der Waals surface area contributed by atoms with Gasteiger partial charge in [0.25, 0.3) is 0 Å². The van der Waals surface area contributed by atoms with Crippen LogP contribution in [0.15, 0.2) is 29.4 Å². The van der Waals surface area contributed by atoms with Crippen molar-refractivity contribution in [2.75, 3.05) is 0 Å². The lowest BCUT2D eigenvalue weighted by atomic mass is 10.2. The molecule has 6 heteroatoms. The molecule has 0 unspecified atom stereocenters. The van der Waals surface area contributed by atoms with Crippen LogP contribution in [0.3, 0.4) is 0 Å². The zero-order valence-corrected chi connectivity index (χ0v) is 13.4. The summed E-state index contributed by atoms with van der Waals surface area (Å²) in [6.07, 6.45) is 3.57. The average molecular weight is 322 g/mol. The molecular formula is C14H12ClN3S2. The summed E-state index contributed by atoms with van der Waals surface area (Å²) in [4.78, 5) is 16.4. The Morgan fingerprint density at radius 3 is 2.70 bits per heavy atom. The topological polar surface area (TPSA) is 38.7 Å². The van der Waals surface area contributed by atoms with Gasteiger partial charge in [-0.3, -0.25) is 4.98 Å². The molecule has 0 aliphatic carbocycles. The van der Waals surface area contributed by atoms with E-state index in [-0.39, 0.29) is 0 Å². The number of hydrogen-bond donors (Lipinski definition) is 0. The van der Waals surface area contributed by atoms with Gasteiger partial charge in [-0.15, -0.1) is 23.1 Å². The third-order valence-corrected chi connectivity index (χ3v) is 5.43. The smallest absolute Gasteiger partial charge is 0.142 e. The number of rotatable bonds is 3. The number of thioether (sulfide) groups is 1. The van der Waals surface area contributed by atoms with E-state index in [2.05, 4.69) is 28.8 Å². The summed E-state index contributed by atoms with van der Waals surface area (Å²) in [5.41, 5.74) is 1.18. The van der Waals surface area contributed by atoms with Crippen molar-refractivity contribution in [3.05, 3.63) is 45.9 Å². The molecule has 0 saturated heterocycles. The second-order valence-corrected chi connectivity index (χ2v) is 6.98. The number of aryl methyl sites for hydroxylation is 2. The molecule has 20 heavy (non-hydrogen) atoms. The van der Waals surface area contributed by atoms with Crippen LogP contribution >= 0.6 is 34.7 Å². The van der Waals surface area contributed by atoms with Crippen LogP contribution in [-0.4, -0.2) is 15.0 Å². The molecule has 0 aliphatic rings. The Hall–Kier alpha value is -1.17. The van der Waals surface area contributed by atoms with E-state index in [1.165, 1.54) is 10.4 Å². The standard InChI is InChI=1S/C14H12ClN3S2/c1-8-9(2)20-14-12(8)13(15)17-11(18-14)7-19-10-3-5-16-6-4-10/h3-6H,7H2,1-2H3. The van der Waals surface area contributed by atoms with Gasteiger partial charge in [-0.05, 0) is 31.5 Å². The van der Waals surface area contributed by atoms with Crippen LogP contribution in [0.1, 0.15) is 16.3 Å². The van der Waals surface area contributed by atoms with Gasteiger partial charge in [0.2, 0.25) is 0 Å². The average Bonchev–Trinajstić information content (AvgIpc) is 2.73. The van der Waals surface area contributed by atoms with E-state index >= 15 is 0 Å². The Morgan fingerprint density at radius 2 is 1.95 bits per heavy atom. The first-order chi connectivity index (χ1) is 9.65. The minimum atomic E-state index is 0.558. The third kappa shape index (κ3) is 2.66. The molecular weight excluding hydrogens is 310 g/mol. The molecule has 0 N–H and O–H groups in total. The van der Waals surface area contributed by atoms with Crippen molar-refractivity contribution in [2.24, 2.45) is 0 Å². The van der Waals surface area contributed by atoms with E-state index in [9.17, 15) is 0 Å². The summed E-state index contributed by atoms with van der Waals surface area (Å²) in [6.45, 7) is 4.15. The molecule has 0 radical (unpaired) electrons. The van der Waals surface area contributed by atoms with Gasteiger partial charge >= 0.3 is 0 Å². The molecule has 3 heterocycles. The van der Waals surface area contributed by atoms with E-state index in [1.54, 1.807) is 35.5 Å². The predicted molar refractivity (Wildman–Crippen MR) is 85.7 cm³/mol. The minimum absolute atomic E-state index is 0.558. The Morgan fingerprint density at radius 1 is 1.20 bits per heavy atom. The predicted octanol–water partition coefficient (Wildman–Crippen LogP) is 4.65. The van der Waals surface area contributed by atoms with Crippen molar-refractivity contribution in [1.82, 2.24) is 15.0 Å². The van der Waals surface area contributed by atoms with E-state index in [1.807, 2.05) is 12.1 Å². The maximum atomic E-state index is 6.30. The summed E-state index contributed by atoms with van der Waals surface area (Å²) < 4.78 is 0. The molecule has 3 rings (SSSR count). The zero-order valence-electron chi connectivity index (χ0n) is 11.1. The number of nitrogens with zero attached hydrogens (tertiary/aromatic N) is 3. The fourth-order valence-corrected chi connectivity index (χ4v) is 4.06. The van der Waals surface area contributed by atoms with Crippen LogP contribution in [0.4, 0.5) is 0 Å². The summed E-state index contributed by atoms with van der Waals surface area (Å²) in [5.74, 6) is 1.47. The first-order valence-electron chi connectivity index (χ1n) is 6.10. The summed E-state index contributed by atoms with van der Waals surface area (Å²) in [7, 11) is 0. The van der Waals surface area contributed by atoms with Gasteiger partial charge in [-0.1, -0.05) is 11.6 Å². The molecule has 0 atom stereocenters. The Balaban J connectivity index is 1.89. The maximum Gasteiger partial charge on any atom is 0.142 e. The summed E-state index contributed by atoms with van der Waals surface area (Å²) >= 11 is 9.66. The molecule has 3 nitrogen and oxygen atoms in total. The molecule has 0 spiro atoms. The molecule has 0 amide bonds. The quantitative estimate of drug-likeness (QED) is 0.520. The van der Waals surface area contributed by atoms with E-state index in [4.69, 9.17) is 11.6 Å². The highest BCUT2D eigenvalue weighted by Gasteiger charge is 2.13. The molecule has 3 aromatic heterocycles. The first kappa shape index (κ1) is 13.8. The Kier molecular flexibility index (Phi) is 3.92. The monoisotopic (exact) mass is 321 g/mol. The summed E-state index contributed by atoms with van der Waals surface area (Å²) in [5, 5.41) is 1.55. The van der Waals surface area contributed by atoms with Gasteiger partial charge < -0.3 is 0 Å². The van der Waals surface area contributed by atoms with Gasteiger partial charge in [0.05, 0.1) is 11.1 Å². The number of fused-ring (bicyclic) bond motifs is 1. The second kappa shape index (κ2) is 5.68. The van der Waals surface area contributed by atoms with Crippen LogP contribution in [0, 0.1) is 13.8 Å². The van der Waals surface area contributed by atoms with Crippen molar-refractivity contribution in [3.8, 4) is 0 Å². The lowest BCUT2D eigenvalue weighted by Gasteiger charge is -2.02. The highest BCUT2D eigenvalue weighted by molar-refractivity contribution is 7.98. The Labute approximate surface area is 130 Å². The lowest BCUT2D eigenvalue weighted by Crippen LogP contribution is -1.93. The van der Waals surface area contributed by atoms with Crippen molar-refractivity contribution >= 4 is 44.9 Å². The van der Waals surface area contributed by atoms with Crippen LogP contribution in [0.5, 0.6) is 0 Å². The fourth-order valence-electron chi connectivity index (χ4n) is 1.89. The number of halogens is 1. The third-order valence-electron chi connectivity index (χ3n) is 3.05. The van der Waals surface area contributed by atoms with Crippen molar-refractivity contribution in [3.63, 3.8) is 0 Å². The number of hydrogen-bond acceptors (Lipinski definition) is 5. The molecule has 102 valence electrons.